The Morgan fingerprint density at radius 2 is 2.05 bits per heavy atom. The third-order valence-corrected chi connectivity index (χ3v) is 3.32. The summed E-state index contributed by atoms with van der Waals surface area (Å²) < 4.78 is 5.25. The molecule has 5 nitrogen and oxygen atoms in total. The van der Waals surface area contributed by atoms with Crippen LogP contribution in [0.25, 0.3) is 0 Å². The second-order valence-electron chi connectivity index (χ2n) is 4.61. The maximum absolute atomic E-state index is 12.2. The predicted molar refractivity (Wildman–Crippen MR) is 72.6 cm³/mol. The maximum atomic E-state index is 12.2. The van der Waals surface area contributed by atoms with Crippen molar-refractivity contribution in [2.45, 2.75) is 19.8 Å². The largest absolute Gasteiger partial charge is 0.411 e. The fourth-order valence-corrected chi connectivity index (χ4v) is 2.16. The summed E-state index contributed by atoms with van der Waals surface area (Å²) in [6, 6.07) is 7.30. The average Bonchev–Trinajstić information content (AvgIpc) is 2.48. The van der Waals surface area contributed by atoms with Gasteiger partial charge < -0.3 is 15.3 Å². The third kappa shape index (κ3) is 3.32. The van der Waals surface area contributed by atoms with E-state index in [0.29, 0.717) is 24.6 Å². The molecule has 19 heavy (non-hydrogen) atoms. The third-order valence-electron chi connectivity index (χ3n) is 3.32. The van der Waals surface area contributed by atoms with Gasteiger partial charge in [0.2, 0.25) is 5.91 Å². The minimum absolute atomic E-state index is 0.00138. The fraction of sp³-hybridized carbons (Fsp3) is 0.429. The number of nitrogens with zero attached hydrogens (tertiary/aromatic N) is 1. The molecule has 0 unspecified atom stereocenters. The Morgan fingerprint density at radius 3 is 2.74 bits per heavy atom. The van der Waals surface area contributed by atoms with Crippen molar-refractivity contribution in [1.29, 1.82) is 0 Å². The van der Waals surface area contributed by atoms with Crippen molar-refractivity contribution in [2.75, 3.05) is 18.5 Å². The summed E-state index contributed by atoms with van der Waals surface area (Å²) >= 11 is 0. The van der Waals surface area contributed by atoms with Crippen LogP contribution >= 0.6 is 0 Å². The fourth-order valence-electron chi connectivity index (χ4n) is 2.16. The number of oxime groups is 1. The van der Waals surface area contributed by atoms with Gasteiger partial charge in [0.1, 0.15) is 0 Å². The number of hydrogen-bond donors (Lipinski definition) is 2. The van der Waals surface area contributed by atoms with Gasteiger partial charge in [-0.1, -0.05) is 23.4 Å². The molecule has 102 valence electrons. The van der Waals surface area contributed by atoms with E-state index in [-0.39, 0.29) is 11.8 Å². The molecule has 1 saturated heterocycles. The molecule has 5 heteroatoms. The summed E-state index contributed by atoms with van der Waals surface area (Å²) in [6.45, 7) is 2.97. The smallest absolute Gasteiger partial charge is 0.227 e. The monoisotopic (exact) mass is 262 g/mol. The number of anilines is 1. The Kier molecular flexibility index (Phi) is 4.52. The molecular weight excluding hydrogens is 244 g/mol. The number of amides is 1. The van der Waals surface area contributed by atoms with Gasteiger partial charge >= 0.3 is 0 Å². The minimum Gasteiger partial charge on any atom is -0.411 e. The molecule has 1 aromatic carbocycles. The first-order valence-corrected chi connectivity index (χ1v) is 6.39. The van der Waals surface area contributed by atoms with Gasteiger partial charge in [0.05, 0.1) is 5.71 Å². The number of carbonyl (C=O) groups is 1. The van der Waals surface area contributed by atoms with Crippen LogP contribution in [0.15, 0.2) is 29.4 Å². The van der Waals surface area contributed by atoms with E-state index in [2.05, 4.69) is 10.5 Å². The second-order valence-corrected chi connectivity index (χ2v) is 4.61. The molecule has 0 spiro atoms. The molecule has 1 aliphatic rings. The first-order valence-electron chi connectivity index (χ1n) is 6.39. The van der Waals surface area contributed by atoms with Gasteiger partial charge in [0.15, 0.2) is 0 Å². The van der Waals surface area contributed by atoms with E-state index >= 15 is 0 Å². The van der Waals surface area contributed by atoms with Crippen molar-refractivity contribution >= 4 is 17.3 Å². The van der Waals surface area contributed by atoms with Crippen LogP contribution in [0, 0.1) is 5.92 Å². The van der Waals surface area contributed by atoms with Gasteiger partial charge in [-0.3, -0.25) is 4.79 Å². The van der Waals surface area contributed by atoms with Crippen LogP contribution in [0.5, 0.6) is 0 Å². The standard InChI is InChI=1S/C14H18N2O3/c1-10(16-18)12-4-2-3-5-13(12)15-14(17)11-6-8-19-9-7-11/h2-5,11,18H,6-9H2,1H3,(H,15,17). The zero-order valence-corrected chi connectivity index (χ0v) is 10.9. The Bertz CT molecular complexity index is 479. The summed E-state index contributed by atoms with van der Waals surface area (Å²) in [7, 11) is 0. The Balaban J connectivity index is 2.12. The molecule has 0 saturated carbocycles. The summed E-state index contributed by atoms with van der Waals surface area (Å²) in [5, 5.41) is 14.9. The lowest BCUT2D eigenvalue weighted by Crippen LogP contribution is -2.29. The molecule has 2 rings (SSSR count). The van der Waals surface area contributed by atoms with Crippen LogP contribution < -0.4 is 5.32 Å². The van der Waals surface area contributed by atoms with E-state index in [9.17, 15) is 4.79 Å². The molecule has 0 aliphatic carbocycles. The number of nitrogens with one attached hydrogen (secondary N) is 1. The highest BCUT2D eigenvalue weighted by Gasteiger charge is 2.22. The highest BCUT2D eigenvalue weighted by molar-refractivity contribution is 6.06. The quantitative estimate of drug-likeness (QED) is 0.498. The van der Waals surface area contributed by atoms with Crippen LogP contribution in [0.3, 0.4) is 0 Å². The highest BCUT2D eigenvalue weighted by atomic mass is 16.5. The number of ether oxygens (including phenoxy) is 1. The zero-order valence-electron chi connectivity index (χ0n) is 10.9. The van der Waals surface area contributed by atoms with Crippen molar-refractivity contribution in [2.24, 2.45) is 11.1 Å². The first-order chi connectivity index (χ1) is 9.22. The molecule has 0 aromatic heterocycles. The van der Waals surface area contributed by atoms with E-state index in [0.717, 1.165) is 18.4 Å². The molecule has 0 radical (unpaired) electrons. The normalized spacial score (nSPS) is 17.2. The number of carbonyl (C=O) groups excluding carboxylic acids is 1. The average molecular weight is 262 g/mol. The lowest BCUT2D eigenvalue weighted by Gasteiger charge is -2.21. The number of hydrogen-bond acceptors (Lipinski definition) is 4. The SMILES string of the molecule is CC(=NO)c1ccccc1NC(=O)C1CCOCC1. The maximum Gasteiger partial charge on any atom is 0.227 e. The molecule has 1 fully saturated rings. The van der Waals surface area contributed by atoms with Gasteiger partial charge in [-0.15, -0.1) is 0 Å². The van der Waals surface area contributed by atoms with Crippen molar-refractivity contribution in [1.82, 2.24) is 0 Å². The Morgan fingerprint density at radius 1 is 1.37 bits per heavy atom. The van der Waals surface area contributed by atoms with E-state index in [1.54, 1.807) is 13.0 Å². The lowest BCUT2D eigenvalue weighted by atomic mass is 9.99. The van der Waals surface area contributed by atoms with Crippen molar-refractivity contribution < 1.29 is 14.7 Å². The van der Waals surface area contributed by atoms with Crippen molar-refractivity contribution in [3.8, 4) is 0 Å². The summed E-state index contributed by atoms with van der Waals surface area (Å²) in [6.07, 6.45) is 1.50. The van der Waals surface area contributed by atoms with Crippen LogP contribution in [-0.2, 0) is 9.53 Å². The Hall–Kier alpha value is -1.88. The number of para-hydroxylation sites is 1. The molecular formula is C14H18N2O3. The van der Waals surface area contributed by atoms with Crippen molar-refractivity contribution in [3.05, 3.63) is 29.8 Å². The summed E-state index contributed by atoms with van der Waals surface area (Å²) in [5.41, 5.74) is 1.88. The van der Waals surface area contributed by atoms with E-state index < -0.39 is 0 Å². The van der Waals surface area contributed by atoms with E-state index in [4.69, 9.17) is 9.94 Å². The lowest BCUT2D eigenvalue weighted by molar-refractivity contribution is -0.122. The van der Waals surface area contributed by atoms with Crippen LogP contribution in [-0.4, -0.2) is 30.0 Å². The summed E-state index contributed by atoms with van der Waals surface area (Å²) in [5.74, 6) is -0.00494. The Labute approximate surface area is 112 Å². The molecule has 1 aliphatic heterocycles. The predicted octanol–water partition coefficient (Wildman–Crippen LogP) is 2.25. The molecule has 0 atom stereocenters. The number of rotatable bonds is 3. The molecule has 1 amide bonds. The minimum atomic E-state index is -0.00632. The number of benzene rings is 1. The molecule has 1 heterocycles. The van der Waals surface area contributed by atoms with Crippen molar-refractivity contribution in [3.63, 3.8) is 0 Å². The van der Waals surface area contributed by atoms with Gasteiger partial charge in [-0.25, -0.2) is 0 Å². The summed E-state index contributed by atoms with van der Waals surface area (Å²) in [4.78, 5) is 12.2. The van der Waals surface area contributed by atoms with E-state index in [1.807, 2.05) is 18.2 Å². The van der Waals surface area contributed by atoms with Gasteiger partial charge in [-0.05, 0) is 25.8 Å². The molecule has 1 aromatic rings. The van der Waals surface area contributed by atoms with Gasteiger partial charge in [-0.2, -0.15) is 0 Å². The second kappa shape index (κ2) is 6.33. The van der Waals surface area contributed by atoms with E-state index in [1.165, 1.54) is 0 Å². The topological polar surface area (TPSA) is 70.9 Å². The van der Waals surface area contributed by atoms with Crippen LogP contribution in [0.2, 0.25) is 0 Å². The van der Waals surface area contributed by atoms with Gasteiger partial charge in [0.25, 0.3) is 0 Å². The first kappa shape index (κ1) is 13.5. The van der Waals surface area contributed by atoms with Crippen LogP contribution in [0.4, 0.5) is 5.69 Å². The zero-order chi connectivity index (χ0) is 13.7. The van der Waals surface area contributed by atoms with Gasteiger partial charge in [0, 0.05) is 30.4 Å². The molecule has 0 bridgehead atoms. The highest BCUT2D eigenvalue weighted by Crippen LogP contribution is 2.20. The molecule has 2 N–H and O–H groups in total. The van der Waals surface area contributed by atoms with Crippen LogP contribution in [0.1, 0.15) is 25.3 Å².